The highest BCUT2D eigenvalue weighted by Crippen LogP contribution is 2.28. The number of fused-ring (bicyclic) bond motifs is 1. The van der Waals surface area contributed by atoms with Gasteiger partial charge in [-0.15, -0.1) is 10.2 Å². The zero-order chi connectivity index (χ0) is 15.6. The summed E-state index contributed by atoms with van der Waals surface area (Å²) in [5.74, 6) is 2.86. The molecule has 0 spiro atoms. The number of likely N-dealkylation sites (tertiary alicyclic amines) is 1. The molecule has 2 aromatic heterocycles. The molecule has 0 radical (unpaired) electrons. The van der Waals surface area contributed by atoms with Crippen LogP contribution in [0.2, 0.25) is 0 Å². The molecule has 1 saturated heterocycles. The number of hydrogen-bond donors (Lipinski definition) is 1. The third-order valence-corrected chi connectivity index (χ3v) is 5.15. The van der Waals surface area contributed by atoms with E-state index in [4.69, 9.17) is 0 Å². The molecule has 0 unspecified atom stereocenters. The van der Waals surface area contributed by atoms with E-state index in [0.29, 0.717) is 5.92 Å². The van der Waals surface area contributed by atoms with Crippen LogP contribution in [0.4, 0.5) is 0 Å². The van der Waals surface area contributed by atoms with E-state index >= 15 is 0 Å². The van der Waals surface area contributed by atoms with E-state index < -0.39 is 0 Å². The largest absolute Gasteiger partial charge is 0.312 e. The summed E-state index contributed by atoms with van der Waals surface area (Å²) in [5.41, 5.74) is 2.68. The van der Waals surface area contributed by atoms with Crippen molar-refractivity contribution in [1.82, 2.24) is 30.0 Å². The van der Waals surface area contributed by atoms with Gasteiger partial charge in [-0.1, -0.05) is 0 Å². The Labute approximate surface area is 136 Å². The molecule has 0 saturated carbocycles. The number of hydrogen-bond acceptors (Lipinski definition) is 5. The van der Waals surface area contributed by atoms with Crippen LogP contribution in [0.1, 0.15) is 41.5 Å². The minimum Gasteiger partial charge on any atom is -0.312 e. The van der Waals surface area contributed by atoms with Crippen molar-refractivity contribution in [3.63, 3.8) is 0 Å². The number of aromatic nitrogens is 4. The molecule has 1 fully saturated rings. The van der Waals surface area contributed by atoms with Gasteiger partial charge in [-0.3, -0.25) is 9.88 Å². The molecular weight excluding hydrogens is 288 g/mol. The summed E-state index contributed by atoms with van der Waals surface area (Å²) in [6.07, 6.45) is 6.22. The number of rotatable bonds is 3. The van der Waals surface area contributed by atoms with E-state index in [1.165, 1.54) is 29.8 Å². The van der Waals surface area contributed by atoms with Crippen molar-refractivity contribution in [3.8, 4) is 0 Å². The monoisotopic (exact) mass is 312 g/mol. The maximum atomic E-state index is 4.49. The molecule has 6 heteroatoms. The Hall–Kier alpha value is -1.79. The van der Waals surface area contributed by atoms with Gasteiger partial charge in [0.1, 0.15) is 11.6 Å². The molecule has 2 aliphatic rings. The minimum atomic E-state index is 0.556. The Morgan fingerprint density at radius 1 is 1.22 bits per heavy atom. The second-order valence-electron chi connectivity index (χ2n) is 6.66. The molecular formula is C17H24N6. The Bertz CT molecular complexity index is 671. The summed E-state index contributed by atoms with van der Waals surface area (Å²) in [6, 6.07) is 2.10. The van der Waals surface area contributed by atoms with Gasteiger partial charge in [0.05, 0.1) is 6.54 Å². The standard InChI is InChI=1S/C17H24N6/c1-13-2-5-18-10-15(13)12-22-7-3-14(4-8-22)17-21-20-16-11-19-6-9-23(16)17/h2,5,10,14,19H,3-4,6-9,11-12H2,1H3. The molecule has 1 N–H and O–H groups in total. The number of nitrogens with zero attached hydrogens (tertiary/aromatic N) is 5. The molecule has 2 aliphatic heterocycles. The summed E-state index contributed by atoms with van der Waals surface area (Å²) < 4.78 is 2.34. The quantitative estimate of drug-likeness (QED) is 0.930. The van der Waals surface area contributed by atoms with Crippen LogP contribution < -0.4 is 5.32 Å². The van der Waals surface area contributed by atoms with Crippen LogP contribution in [0.15, 0.2) is 18.5 Å². The molecule has 23 heavy (non-hydrogen) atoms. The van der Waals surface area contributed by atoms with Crippen molar-refractivity contribution >= 4 is 0 Å². The van der Waals surface area contributed by atoms with E-state index in [1.807, 2.05) is 12.4 Å². The molecule has 0 bridgehead atoms. The first-order valence-corrected chi connectivity index (χ1v) is 8.56. The zero-order valence-corrected chi connectivity index (χ0v) is 13.7. The van der Waals surface area contributed by atoms with Crippen molar-refractivity contribution in [3.05, 3.63) is 41.2 Å². The summed E-state index contributed by atoms with van der Waals surface area (Å²) in [7, 11) is 0. The van der Waals surface area contributed by atoms with Gasteiger partial charge in [0.15, 0.2) is 0 Å². The molecule has 0 atom stereocenters. The van der Waals surface area contributed by atoms with E-state index in [2.05, 4.69) is 43.0 Å². The second kappa shape index (κ2) is 6.37. The second-order valence-corrected chi connectivity index (χ2v) is 6.66. The van der Waals surface area contributed by atoms with Gasteiger partial charge in [-0.05, 0) is 50.0 Å². The molecule has 4 rings (SSSR count). The van der Waals surface area contributed by atoms with Gasteiger partial charge >= 0.3 is 0 Å². The van der Waals surface area contributed by atoms with Crippen LogP contribution in [0, 0.1) is 6.92 Å². The van der Waals surface area contributed by atoms with E-state index in [1.54, 1.807) is 0 Å². The number of piperidine rings is 1. The normalized spacial score (nSPS) is 19.7. The van der Waals surface area contributed by atoms with Gasteiger partial charge in [-0.25, -0.2) is 0 Å². The minimum absolute atomic E-state index is 0.556. The van der Waals surface area contributed by atoms with Crippen LogP contribution in [-0.2, 0) is 19.6 Å². The highest BCUT2D eigenvalue weighted by atomic mass is 15.3. The lowest BCUT2D eigenvalue weighted by molar-refractivity contribution is 0.199. The predicted octanol–water partition coefficient (Wildman–Crippen LogP) is 1.46. The van der Waals surface area contributed by atoms with E-state index in [0.717, 1.165) is 45.1 Å². The maximum Gasteiger partial charge on any atom is 0.147 e. The Balaban J connectivity index is 1.40. The zero-order valence-electron chi connectivity index (χ0n) is 13.7. The molecule has 6 nitrogen and oxygen atoms in total. The molecule has 0 aromatic carbocycles. The average molecular weight is 312 g/mol. The summed E-state index contributed by atoms with van der Waals surface area (Å²) >= 11 is 0. The highest BCUT2D eigenvalue weighted by Gasteiger charge is 2.27. The molecule has 0 aliphatic carbocycles. The smallest absolute Gasteiger partial charge is 0.147 e. The van der Waals surface area contributed by atoms with Crippen molar-refractivity contribution in [2.45, 2.75) is 45.3 Å². The van der Waals surface area contributed by atoms with Gasteiger partial charge in [0.2, 0.25) is 0 Å². The topological polar surface area (TPSA) is 58.9 Å². The fraction of sp³-hybridized carbons (Fsp3) is 0.588. The summed E-state index contributed by atoms with van der Waals surface area (Å²) in [6.45, 7) is 8.31. The van der Waals surface area contributed by atoms with Crippen molar-refractivity contribution in [2.24, 2.45) is 0 Å². The third kappa shape index (κ3) is 3.01. The van der Waals surface area contributed by atoms with Gasteiger partial charge in [0, 0.05) is 37.9 Å². The fourth-order valence-electron chi connectivity index (χ4n) is 3.67. The highest BCUT2D eigenvalue weighted by molar-refractivity contribution is 5.21. The van der Waals surface area contributed by atoms with Gasteiger partial charge < -0.3 is 9.88 Å². The van der Waals surface area contributed by atoms with Crippen LogP contribution in [0.3, 0.4) is 0 Å². The lowest BCUT2D eigenvalue weighted by Gasteiger charge is -2.32. The predicted molar refractivity (Wildman–Crippen MR) is 88.0 cm³/mol. The maximum absolute atomic E-state index is 4.49. The molecule has 0 amide bonds. The average Bonchev–Trinajstić information content (AvgIpc) is 3.02. The van der Waals surface area contributed by atoms with E-state index in [-0.39, 0.29) is 0 Å². The molecule has 4 heterocycles. The lowest BCUT2D eigenvalue weighted by Crippen LogP contribution is -2.35. The van der Waals surface area contributed by atoms with Crippen molar-refractivity contribution in [1.29, 1.82) is 0 Å². The molecule has 122 valence electrons. The third-order valence-electron chi connectivity index (χ3n) is 5.15. The first-order chi connectivity index (χ1) is 11.3. The first-order valence-electron chi connectivity index (χ1n) is 8.56. The van der Waals surface area contributed by atoms with Crippen LogP contribution >= 0.6 is 0 Å². The summed E-state index contributed by atoms with van der Waals surface area (Å²) in [5, 5.41) is 12.2. The van der Waals surface area contributed by atoms with Crippen LogP contribution in [0.25, 0.3) is 0 Å². The van der Waals surface area contributed by atoms with Crippen molar-refractivity contribution < 1.29 is 0 Å². The lowest BCUT2D eigenvalue weighted by atomic mass is 9.95. The number of aryl methyl sites for hydroxylation is 1. The Morgan fingerprint density at radius 3 is 2.91 bits per heavy atom. The van der Waals surface area contributed by atoms with Crippen molar-refractivity contribution in [2.75, 3.05) is 19.6 Å². The number of nitrogens with one attached hydrogen (secondary N) is 1. The van der Waals surface area contributed by atoms with Gasteiger partial charge in [-0.2, -0.15) is 0 Å². The summed E-state index contributed by atoms with van der Waals surface area (Å²) in [4.78, 5) is 6.80. The molecule has 2 aromatic rings. The number of pyridine rings is 1. The van der Waals surface area contributed by atoms with Crippen LogP contribution in [0.5, 0.6) is 0 Å². The fourth-order valence-corrected chi connectivity index (χ4v) is 3.67. The first kappa shape index (κ1) is 14.8. The Kier molecular flexibility index (Phi) is 4.10. The van der Waals surface area contributed by atoms with Gasteiger partial charge in [0.25, 0.3) is 0 Å². The van der Waals surface area contributed by atoms with Crippen LogP contribution in [-0.4, -0.2) is 44.3 Å². The SMILES string of the molecule is Cc1ccncc1CN1CCC(c2nnc3n2CCNC3)CC1. The Morgan fingerprint density at radius 2 is 2.09 bits per heavy atom. The van der Waals surface area contributed by atoms with E-state index in [9.17, 15) is 0 Å².